The molecule has 2 aliphatic heterocycles. The quantitative estimate of drug-likeness (QED) is 0.594. The van der Waals surface area contributed by atoms with Crippen molar-refractivity contribution in [2.75, 3.05) is 0 Å². The van der Waals surface area contributed by atoms with Crippen LogP contribution in [0.15, 0.2) is 34.0 Å². The number of fused-ring (bicyclic) bond motifs is 1. The van der Waals surface area contributed by atoms with E-state index >= 15 is 0 Å². The highest BCUT2D eigenvalue weighted by Crippen LogP contribution is 2.19. The Morgan fingerprint density at radius 1 is 1.38 bits per heavy atom. The zero-order chi connectivity index (χ0) is 9.42. The van der Waals surface area contributed by atoms with Crippen LogP contribution in [-0.2, 0) is 4.79 Å². The lowest BCUT2D eigenvalue weighted by Crippen LogP contribution is -2.20. The van der Waals surface area contributed by atoms with E-state index in [0.717, 1.165) is 5.70 Å². The normalized spacial score (nSPS) is 19.9. The highest BCUT2D eigenvalue weighted by molar-refractivity contribution is 6.73. The van der Waals surface area contributed by atoms with Gasteiger partial charge in [-0.1, -0.05) is 13.8 Å². The lowest BCUT2D eigenvalue weighted by atomic mass is 10.1. The first-order chi connectivity index (χ1) is 6.18. The molecule has 0 bridgehead atoms. The fourth-order valence-corrected chi connectivity index (χ4v) is 1.27. The van der Waals surface area contributed by atoms with Crippen LogP contribution in [0.4, 0.5) is 0 Å². The lowest BCUT2D eigenvalue weighted by molar-refractivity contribution is -0.108. The van der Waals surface area contributed by atoms with E-state index in [1.54, 1.807) is 0 Å². The molecule has 0 saturated carbocycles. The molecule has 0 atom stereocenters. The second-order valence-electron chi connectivity index (χ2n) is 3.38. The zero-order valence-electron chi connectivity index (χ0n) is 7.61. The maximum Gasteiger partial charge on any atom is 0.207 e. The van der Waals surface area contributed by atoms with Gasteiger partial charge < -0.3 is 0 Å². The summed E-state index contributed by atoms with van der Waals surface area (Å²) in [5.74, 6) is 0.297. The molecular formula is C10H10N2O. The monoisotopic (exact) mass is 174 g/mol. The predicted molar refractivity (Wildman–Crippen MR) is 51.9 cm³/mol. The van der Waals surface area contributed by atoms with Gasteiger partial charge in [0.2, 0.25) is 5.78 Å². The molecule has 66 valence electrons. The highest BCUT2D eigenvalue weighted by atomic mass is 16.1. The Bertz CT molecular complexity index is 384. The van der Waals surface area contributed by atoms with Crippen LogP contribution < -0.4 is 0 Å². The summed E-state index contributed by atoms with van der Waals surface area (Å²) in [5, 5.41) is 0. The number of allylic oxidation sites excluding steroid dienone is 3. The smallest absolute Gasteiger partial charge is 0.207 e. The van der Waals surface area contributed by atoms with Gasteiger partial charge in [0.05, 0.1) is 5.71 Å². The molecule has 0 saturated heterocycles. The van der Waals surface area contributed by atoms with Crippen LogP contribution in [0.2, 0.25) is 0 Å². The van der Waals surface area contributed by atoms with Crippen LogP contribution in [-0.4, -0.2) is 17.2 Å². The van der Waals surface area contributed by atoms with Crippen molar-refractivity contribution < 1.29 is 4.79 Å². The topological polar surface area (TPSA) is 41.8 Å². The molecule has 2 rings (SSSR count). The standard InChI is InChI=1S/C10H10N2O/c1-6(2)7-5-8-10(12-7)9(13)3-4-11-8/h3-6H,1-2H3. The maximum absolute atomic E-state index is 11.3. The van der Waals surface area contributed by atoms with Gasteiger partial charge in [0.1, 0.15) is 5.71 Å². The number of hydrogen-bond acceptors (Lipinski definition) is 3. The summed E-state index contributed by atoms with van der Waals surface area (Å²) in [5.41, 5.74) is 2.13. The van der Waals surface area contributed by atoms with Crippen LogP contribution in [0, 0.1) is 5.92 Å². The van der Waals surface area contributed by atoms with Crippen LogP contribution >= 0.6 is 0 Å². The summed E-state index contributed by atoms with van der Waals surface area (Å²) in [6.07, 6.45) is 4.84. The zero-order valence-corrected chi connectivity index (χ0v) is 7.61. The fourth-order valence-electron chi connectivity index (χ4n) is 1.27. The summed E-state index contributed by atoms with van der Waals surface area (Å²) in [6.45, 7) is 4.09. The number of nitrogens with zero attached hydrogens (tertiary/aromatic N) is 2. The van der Waals surface area contributed by atoms with Gasteiger partial charge in [-0.25, -0.2) is 4.99 Å². The van der Waals surface area contributed by atoms with E-state index in [4.69, 9.17) is 0 Å². The number of carbonyl (C=O) groups is 1. The molecular weight excluding hydrogens is 164 g/mol. The maximum atomic E-state index is 11.3. The lowest BCUT2D eigenvalue weighted by Gasteiger charge is -2.00. The summed E-state index contributed by atoms with van der Waals surface area (Å²) in [4.78, 5) is 19.6. The largest absolute Gasteiger partial charge is 0.287 e. The van der Waals surface area contributed by atoms with Gasteiger partial charge in [-0.05, 0) is 12.0 Å². The first-order valence-electron chi connectivity index (χ1n) is 4.28. The molecule has 0 aromatic heterocycles. The van der Waals surface area contributed by atoms with E-state index in [9.17, 15) is 4.79 Å². The van der Waals surface area contributed by atoms with E-state index in [0.29, 0.717) is 17.3 Å². The minimum atomic E-state index is -0.0445. The Morgan fingerprint density at radius 3 is 2.77 bits per heavy atom. The predicted octanol–water partition coefficient (Wildman–Crippen LogP) is 1.52. The van der Waals surface area contributed by atoms with Crippen molar-refractivity contribution >= 4 is 17.2 Å². The molecule has 0 N–H and O–H groups in total. The third-order valence-electron chi connectivity index (χ3n) is 2.03. The number of carbonyl (C=O) groups excluding carboxylic acids is 1. The van der Waals surface area contributed by atoms with Crippen molar-refractivity contribution in [2.45, 2.75) is 13.8 Å². The number of rotatable bonds is 1. The molecule has 0 aliphatic carbocycles. The summed E-state index contributed by atoms with van der Waals surface area (Å²) in [7, 11) is 0. The van der Waals surface area contributed by atoms with Crippen LogP contribution in [0.1, 0.15) is 13.8 Å². The van der Waals surface area contributed by atoms with Crippen molar-refractivity contribution in [2.24, 2.45) is 15.9 Å². The summed E-state index contributed by atoms with van der Waals surface area (Å²) in [6, 6.07) is 0. The van der Waals surface area contributed by atoms with Gasteiger partial charge in [0.15, 0.2) is 0 Å². The van der Waals surface area contributed by atoms with Crippen molar-refractivity contribution in [3.63, 3.8) is 0 Å². The third-order valence-corrected chi connectivity index (χ3v) is 2.03. The van der Waals surface area contributed by atoms with E-state index in [1.807, 2.05) is 19.9 Å². The van der Waals surface area contributed by atoms with Crippen LogP contribution in [0.3, 0.4) is 0 Å². The summed E-state index contributed by atoms with van der Waals surface area (Å²) < 4.78 is 0. The molecule has 0 aromatic carbocycles. The Labute approximate surface area is 76.6 Å². The van der Waals surface area contributed by atoms with Crippen LogP contribution in [0.25, 0.3) is 0 Å². The van der Waals surface area contributed by atoms with Gasteiger partial charge in [0, 0.05) is 18.0 Å². The Morgan fingerprint density at radius 2 is 2.15 bits per heavy atom. The van der Waals surface area contributed by atoms with Crippen molar-refractivity contribution in [1.82, 2.24) is 0 Å². The summed E-state index contributed by atoms with van der Waals surface area (Å²) >= 11 is 0. The average Bonchev–Trinajstić information content (AvgIpc) is 2.49. The number of aliphatic imine (C=N–C) groups is 2. The van der Waals surface area contributed by atoms with Gasteiger partial charge in [-0.3, -0.25) is 9.79 Å². The second kappa shape index (κ2) is 2.76. The molecule has 0 unspecified atom stereocenters. The molecule has 0 amide bonds. The number of hydrogen-bond donors (Lipinski definition) is 0. The molecule has 0 fully saturated rings. The molecule has 3 nitrogen and oxygen atoms in total. The van der Waals surface area contributed by atoms with Crippen molar-refractivity contribution in [3.05, 3.63) is 24.0 Å². The van der Waals surface area contributed by atoms with E-state index in [1.165, 1.54) is 12.3 Å². The highest BCUT2D eigenvalue weighted by Gasteiger charge is 2.23. The first kappa shape index (κ1) is 8.10. The van der Waals surface area contributed by atoms with E-state index in [2.05, 4.69) is 9.98 Å². The fraction of sp³-hybridized carbons (Fsp3) is 0.300. The Kier molecular flexibility index (Phi) is 1.72. The Balaban J connectivity index is 2.41. The van der Waals surface area contributed by atoms with Gasteiger partial charge >= 0.3 is 0 Å². The first-order valence-corrected chi connectivity index (χ1v) is 4.28. The van der Waals surface area contributed by atoms with E-state index < -0.39 is 0 Å². The van der Waals surface area contributed by atoms with Crippen LogP contribution in [0.5, 0.6) is 0 Å². The third kappa shape index (κ3) is 1.26. The molecule has 0 spiro atoms. The second-order valence-corrected chi connectivity index (χ2v) is 3.38. The molecule has 0 radical (unpaired) electrons. The molecule has 2 heterocycles. The number of ketones is 1. The van der Waals surface area contributed by atoms with Gasteiger partial charge in [-0.2, -0.15) is 0 Å². The molecule has 0 aromatic rings. The molecule has 13 heavy (non-hydrogen) atoms. The van der Waals surface area contributed by atoms with Gasteiger partial charge in [-0.15, -0.1) is 0 Å². The van der Waals surface area contributed by atoms with Gasteiger partial charge in [0.25, 0.3) is 0 Å². The Hall–Kier alpha value is -1.51. The molecule has 2 aliphatic rings. The average molecular weight is 174 g/mol. The van der Waals surface area contributed by atoms with E-state index in [-0.39, 0.29) is 5.78 Å². The minimum Gasteiger partial charge on any atom is -0.287 e. The van der Waals surface area contributed by atoms with Crippen molar-refractivity contribution in [1.29, 1.82) is 0 Å². The van der Waals surface area contributed by atoms with Crippen molar-refractivity contribution in [3.8, 4) is 0 Å². The minimum absolute atomic E-state index is 0.0445. The SMILES string of the molecule is CC(C)C1=CC2=NC=CC(=O)C2=N1. The molecule has 3 heteroatoms.